The third-order valence-electron chi connectivity index (χ3n) is 2.84. The Bertz CT molecular complexity index is 266. The van der Waals surface area contributed by atoms with Crippen LogP contribution in [0.25, 0.3) is 0 Å². The lowest BCUT2D eigenvalue weighted by Crippen LogP contribution is -2.29. The highest BCUT2D eigenvalue weighted by atomic mass is 15.1. The van der Waals surface area contributed by atoms with Crippen molar-refractivity contribution in [3.05, 3.63) is 35.9 Å². The van der Waals surface area contributed by atoms with Gasteiger partial charge in [0.2, 0.25) is 0 Å². The van der Waals surface area contributed by atoms with Crippen molar-refractivity contribution in [1.29, 1.82) is 0 Å². The van der Waals surface area contributed by atoms with E-state index >= 15 is 0 Å². The van der Waals surface area contributed by atoms with Crippen LogP contribution in [0.15, 0.2) is 30.3 Å². The van der Waals surface area contributed by atoms with E-state index in [0.29, 0.717) is 6.04 Å². The summed E-state index contributed by atoms with van der Waals surface area (Å²) >= 11 is 0. The minimum absolute atomic E-state index is 0.658. The first-order valence-electron chi connectivity index (χ1n) is 5.83. The van der Waals surface area contributed by atoms with Crippen LogP contribution in [0.3, 0.4) is 0 Å². The van der Waals surface area contributed by atoms with Gasteiger partial charge in [-0.05, 0) is 31.9 Å². The maximum absolute atomic E-state index is 2.43. The summed E-state index contributed by atoms with van der Waals surface area (Å²) in [6.07, 6.45) is 1.27. The quantitative estimate of drug-likeness (QED) is 0.710. The highest BCUT2D eigenvalue weighted by molar-refractivity contribution is 5.14. The van der Waals surface area contributed by atoms with Gasteiger partial charge in [-0.3, -0.25) is 4.90 Å². The fraction of sp³-hybridized carbons (Fsp3) is 0.571. The lowest BCUT2D eigenvalue weighted by Gasteiger charge is -2.26. The van der Waals surface area contributed by atoms with Gasteiger partial charge in [0.25, 0.3) is 0 Å². The van der Waals surface area contributed by atoms with E-state index in [1.54, 1.807) is 0 Å². The minimum atomic E-state index is 0.658. The smallest absolute Gasteiger partial charge is 0.0233 e. The summed E-state index contributed by atoms with van der Waals surface area (Å²) in [5.74, 6) is 0.776. The van der Waals surface area contributed by atoms with E-state index in [0.717, 1.165) is 12.5 Å². The minimum Gasteiger partial charge on any atom is -0.299 e. The van der Waals surface area contributed by atoms with Gasteiger partial charge in [0.05, 0.1) is 0 Å². The summed E-state index contributed by atoms with van der Waals surface area (Å²) in [5.41, 5.74) is 1.40. The van der Waals surface area contributed by atoms with Crippen LogP contribution in [0.5, 0.6) is 0 Å². The summed E-state index contributed by atoms with van der Waals surface area (Å²) in [7, 11) is 2.21. The van der Waals surface area contributed by atoms with Crippen LogP contribution in [-0.2, 0) is 6.54 Å². The van der Waals surface area contributed by atoms with E-state index in [-0.39, 0.29) is 0 Å². The number of hydrogen-bond acceptors (Lipinski definition) is 1. The zero-order chi connectivity index (χ0) is 11.3. The molecule has 0 heterocycles. The van der Waals surface area contributed by atoms with Crippen molar-refractivity contribution < 1.29 is 0 Å². The maximum Gasteiger partial charge on any atom is 0.0233 e. The molecule has 15 heavy (non-hydrogen) atoms. The molecule has 0 bridgehead atoms. The van der Waals surface area contributed by atoms with Crippen LogP contribution in [0.1, 0.15) is 32.8 Å². The first kappa shape index (κ1) is 12.3. The fourth-order valence-corrected chi connectivity index (χ4v) is 1.89. The Morgan fingerprint density at radius 3 is 2.20 bits per heavy atom. The van der Waals surface area contributed by atoms with Gasteiger partial charge in [-0.1, -0.05) is 44.2 Å². The number of nitrogens with zero attached hydrogens (tertiary/aromatic N) is 1. The van der Waals surface area contributed by atoms with Crippen molar-refractivity contribution in [2.75, 3.05) is 7.05 Å². The second-order valence-corrected chi connectivity index (χ2v) is 4.88. The SMILES string of the molecule is CC(C)C[C@@H](C)N(C)Cc1ccccc1. The molecular formula is C14H23N. The first-order valence-corrected chi connectivity index (χ1v) is 5.83. The third kappa shape index (κ3) is 4.48. The van der Waals surface area contributed by atoms with E-state index in [9.17, 15) is 0 Å². The second-order valence-electron chi connectivity index (χ2n) is 4.88. The summed E-state index contributed by atoms with van der Waals surface area (Å²) in [4.78, 5) is 2.43. The largest absolute Gasteiger partial charge is 0.299 e. The Morgan fingerprint density at radius 1 is 1.07 bits per heavy atom. The van der Waals surface area contributed by atoms with Gasteiger partial charge in [-0.2, -0.15) is 0 Å². The molecule has 84 valence electrons. The molecule has 1 aromatic carbocycles. The molecule has 1 heteroatoms. The van der Waals surface area contributed by atoms with Gasteiger partial charge < -0.3 is 0 Å². The Balaban J connectivity index is 2.45. The number of hydrogen-bond donors (Lipinski definition) is 0. The fourth-order valence-electron chi connectivity index (χ4n) is 1.89. The first-order chi connectivity index (χ1) is 7.09. The van der Waals surface area contributed by atoms with E-state index in [2.05, 4.69) is 63.1 Å². The van der Waals surface area contributed by atoms with Crippen molar-refractivity contribution in [1.82, 2.24) is 4.90 Å². The Kier molecular flexibility index (Phi) is 4.83. The van der Waals surface area contributed by atoms with Gasteiger partial charge in [0.1, 0.15) is 0 Å². The molecule has 0 unspecified atom stereocenters. The Morgan fingerprint density at radius 2 is 1.67 bits per heavy atom. The Labute approximate surface area is 94.1 Å². The van der Waals surface area contributed by atoms with E-state index in [1.807, 2.05) is 0 Å². The van der Waals surface area contributed by atoms with Crippen LogP contribution < -0.4 is 0 Å². The zero-order valence-corrected chi connectivity index (χ0v) is 10.4. The molecule has 0 aliphatic rings. The van der Waals surface area contributed by atoms with Gasteiger partial charge >= 0.3 is 0 Å². The molecule has 1 rings (SSSR count). The molecule has 0 aromatic heterocycles. The molecule has 0 spiro atoms. The van der Waals surface area contributed by atoms with Crippen molar-refractivity contribution in [3.63, 3.8) is 0 Å². The molecule has 0 saturated heterocycles. The van der Waals surface area contributed by atoms with Crippen LogP contribution in [0.2, 0.25) is 0 Å². The van der Waals surface area contributed by atoms with E-state index < -0.39 is 0 Å². The molecule has 0 saturated carbocycles. The van der Waals surface area contributed by atoms with Crippen molar-refractivity contribution >= 4 is 0 Å². The molecule has 0 aliphatic heterocycles. The predicted octanol–water partition coefficient (Wildman–Crippen LogP) is 3.55. The average molecular weight is 205 g/mol. The molecule has 0 radical (unpaired) electrons. The van der Waals surface area contributed by atoms with Crippen molar-refractivity contribution in [2.24, 2.45) is 5.92 Å². The highest BCUT2D eigenvalue weighted by Gasteiger charge is 2.10. The lowest BCUT2D eigenvalue weighted by atomic mass is 10.0. The predicted molar refractivity (Wildman–Crippen MR) is 66.8 cm³/mol. The van der Waals surface area contributed by atoms with Gasteiger partial charge in [-0.25, -0.2) is 0 Å². The van der Waals surface area contributed by atoms with Gasteiger partial charge in [-0.15, -0.1) is 0 Å². The van der Waals surface area contributed by atoms with Gasteiger partial charge in [0.15, 0.2) is 0 Å². The lowest BCUT2D eigenvalue weighted by molar-refractivity contribution is 0.220. The van der Waals surface area contributed by atoms with Crippen molar-refractivity contribution in [3.8, 4) is 0 Å². The molecular weight excluding hydrogens is 182 g/mol. The molecule has 1 nitrogen and oxygen atoms in total. The Hall–Kier alpha value is -0.820. The van der Waals surface area contributed by atoms with Crippen molar-refractivity contribution in [2.45, 2.75) is 39.8 Å². The maximum atomic E-state index is 2.43. The van der Waals surface area contributed by atoms with E-state index in [1.165, 1.54) is 12.0 Å². The van der Waals surface area contributed by atoms with E-state index in [4.69, 9.17) is 0 Å². The van der Waals surface area contributed by atoms with Crippen LogP contribution >= 0.6 is 0 Å². The summed E-state index contributed by atoms with van der Waals surface area (Å²) < 4.78 is 0. The molecule has 1 aromatic rings. The standard InChI is InChI=1S/C14H23N/c1-12(2)10-13(3)15(4)11-14-8-6-5-7-9-14/h5-9,12-13H,10-11H2,1-4H3/t13-/m1/s1. The average Bonchev–Trinajstić information content (AvgIpc) is 2.18. The summed E-state index contributed by atoms with van der Waals surface area (Å²) in [6, 6.07) is 11.3. The molecule has 0 aliphatic carbocycles. The summed E-state index contributed by atoms with van der Waals surface area (Å²) in [5, 5.41) is 0. The topological polar surface area (TPSA) is 3.24 Å². The summed E-state index contributed by atoms with van der Waals surface area (Å²) in [6.45, 7) is 7.93. The normalized spacial score (nSPS) is 13.5. The number of benzene rings is 1. The molecule has 0 fully saturated rings. The van der Waals surface area contributed by atoms with Crippen LogP contribution in [0.4, 0.5) is 0 Å². The van der Waals surface area contributed by atoms with Crippen LogP contribution in [-0.4, -0.2) is 18.0 Å². The molecule has 1 atom stereocenters. The zero-order valence-electron chi connectivity index (χ0n) is 10.4. The van der Waals surface area contributed by atoms with Crippen LogP contribution in [0, 0.1) is 5.92 Å². The second kappa shape index (κ2) is 5.92. The molecule has 0 N–H and O–H groups in total. The highest BCUT2D eigenvalue weighted by Crippen LogP contribution is 2.12. The number of rotatable bonds is 5. The molecule has 0 amide bonds. The third-order valence-corrected chi connectivity index (χ3v) is 2.84. The monoisotopic (exact) mass is 205 g/mol. The van der Waals surface area contributed by atoms with Gasteiger partial charge in [0, 0.05) is 12.6 Å².